The van der Waals surface area contributed by atoms with Crippen LogP contribution in [0.15, 0.2) is 59.1 Å². The van der Waals surface area contributed by atoms with Gasteiger partial charge >= 0.3 is 6.09 Å². The molecule has 0 aliphatic rings. The van der Waals surface area contributed by atoms with E-state index in [0.29, 0.717) is 21.6 Å². The molecule has 27 heavy (non-hydrogen) atoms. The molecule has 2 amide bonds. The van der Waals surface area contributed by atoms with E-state index in [1.165, 1.54) is 0 Å². The first-order chi connectivity index (χ1) is 13.0. The largest absolute Gasteiger partial charge is 0.414 e. The molecule has 0 spiro atoms. The van der Waals surface area contributed by atoms with Crippen LogP contribution in [0.1, 0.15) is 15.9 Å². The van der Waals surface area contributed by atoms with E-state index in [-0.39, 0.29) is 11.7 Å². The molecule has 0 unspecified atom stereocenters. The number of anilines is 1. The third-order valence-corrected chi connectivity index (χ3v) is 4.57. The lowest BCUT2D eigenvalue weighted by Gasteiger charge is -2.06. The fourth-order valence-electron chi connectivity index (χ4n) is 2.18. The molecule has 0 saturated heterocycles. The zero-order valence-electron chi connectivity index (χ0n) is 13.8. The van der Waals surface area contributed by atoms with Crippen molar-refractivity contribution in [1.29, 1.82) is 0 Å². The number of amides is 2. The van der Waals surface area contributed by atoms with Crippen molar-refractivity contribution in [3.8, 4) is 5.88 Å². The second-order valence-corrected chi connectivity index (χ2v) is 6.58. The highest BCUT2D eigenvalue weighted by atomic mass is 79.9. The molecule has 0 atom stereocenters. The predicted molar refractivity (Wildman–Crippen MR) is 105 cm³/mol. The SMILES string of the molecule is O=C(NCc1ccccc1)Oc1n[nH]c(NC(=O)c2ccccc2Cl)c1Br. The van der Waals surface area contributed by atoms with Crippen LogP contribution < -0.4 is 15.4 Å². The summed E-state index contributed by atoms with van der Waals surface area (Å²) in [5.41, 5.74) is 1.24. The molecule has 3 N–H and O–H groups in total. The number of carbonyl (C=O) groups excluding carboxylic acids is 2. The third kappa shape index (κ3) is 4.87. The Labute approximate surface area is 168 Å². The fourth-order valence-corrected chi connectivity index (χ4v) is 2.76. The first kappa shape index (κ1) is 18.9. The zero-order chi connectivity index (χ0) is 19.2. The van der Waals surface area contributed by atoms with Gasteiger partial charge in [-0.2, -0.15) is 0 Å². The van der Waals surface area contributed by atoms with Crippen LogP contribution in [-0.4, -0.2) is 22.2 Å². The maximum atomic E-state index is 12.3. The van der Waals surface area contributed by atoms with Crippen molar-refractivity contribution in [2.45, 2.75) is 6.54 Å². The van der Waals surface area contributed by atoms with E-state index >= 15 is 0 Å². The standard InChI is InChI=1S/C18H14BrClN4O3/c19-14-15(22-16(25)12-8-4-5-9-13(12)20)23-24-17(14)27-18(26)21-10-11-6-2-1-3-7-11/h1-9H,10H2,(H,21,26)(H2,22,23,24,25). The highest BCUT2D eigenvalue weighted by Gasteiger charge is 2.18. The molecule has 7 nitrogen and oxygen atoms in total. The van der Waals surface area contributed by atoms with E-state index in [2.05, 4.69) is 36.8 Å². The number of hydrogen-bond donors (Lipinski definition) is 3. The van der Waals surface area contributed by atoms with E-state index in [4.69, 9.17) is 16.3 Å². The number of rotatable bonds is 5. The third-order valence-electron chi connectivity index (χ3n) is 3.50. The van der Waals surface area contributed by atoms with Gasteiger partial charge in [0.1, 0.15) is 10.3 Å². The summed E-state index contributed by atoms with van der Waals surface area (Å²) in [7, 11) is 0. The molecule has 0 bridgehead atoms. The Bertz CT molecular complexity index is 962. The molecular formula is C18H14BrClN4O3. The lowest BCUT2D eigenvalue weighted by Crippen LogP contribution is -2.26. The van der Waals surface area contributed by atoms with Crippen LogP contribution in [0.5, 0.6) is 5.88 Å². The molecule has 138 valence electrons. The zero-order valence-corrected chi connectivity index (χ0v) is 16.2. The van der Waals surface area contributed by atoms with E-state index in [9.17, 15) is 9.59 Å². The van der Waals surface area contributed by atoms with Gasteiger partial charge in [0.05, 0.1) is 10.6 Å². The van der Waals surface area contributed by atoms with Gasteiger partial charge < -0.3 is 15.4 Å². The first-order valence-corrected chi connectivity index (χ1v) is 9.01. The number of ether oxygens (including phenoxy) is 1. The van der Waals surface area contributed by atoms with Crippen LogP contribution in [0.25, 0.3) is 0 Å². The molecule has 3 rings (SSSR count). The number of aromatic amines is 1. The monoisotopic (exact) mass is 448 g/mol. The topological polar surface area (TPSA) is 96.1 Å². The van der Waals surface area contributed by atoms with Crippen molar-refractivity contribution < 1.29 is 14.3 Å². The average Bonchev–Trinajstić information content (AvgIpc) is 3.01. The van der Waals surface area contributed by atoms with Crippen molar-refractivity contribution in [3.63, 3.8) is 0 Å². The summed E-state index contributed by atoms with van der Waals surface area (Å²) in [6.45, 7) is 0.317. The highest BCUT2D eigenvalue weighted by molar-refractivity contribution is 9.10. The van der Waals surface area contributed by atoms with Crippen LogP contribution >= 0.6 is 27.5 Å². The van der Waals surface area contributed by atoms with E-state index in [1.54, 1.807) is 24.3 Å². The van der Waals surface area contributed by atoms with Crippen LogP contribution in [0, 0.1) is 0 Å². The van der Waals surface area contributed by atoms with Gasteiger partial charge in [0, 0.05) is 6.54 Å². The minimum Gasteiger partial charge on any atom is -0.388 e. The first-order valence-electron chi connectivity index (χ1n) is 7.84. The minimum atomic E-state index is -0.671. The lowest BCUT2D eigenvalue weighted by molar-refractivity contribution is 0.102. The number of aromatic nitrogens is 2. The maximum Gasteiger partial charge on any atom is 0.414 e. The molecule has 0 saturated carbocycles. The number of carbonyl (C=O) groups is 2. The van der Waals surface area contributed by atoms with Crippen molar-refractivity contribution in [2.24, 2.45) is 0 Å². The molecule has 0 aliphatic carbocycles. The van der Waals surface area contributed by atoms with Crippen LogP contribution in [0.2, 0.25) is 5.02 Å². The summed E-state index contributed by atoms with van der Waals surface area (Å²) < 4.78 is 5.45. The molecule has 9 heteroatoms. The van der Waals surface area contributed by atoms with Crippen molar-refractivity contribution in [1.82, 2.24) is 15.5 Å². The minimum absolute atomic E-state index is 0.00461. The Hall–Kier alpha value is -2.84. The molecule has 2 aromatic carbocycles. The van der Waals surface area contributed by atoms with Gasteiger partial charge in [0.2, 0.25) is 0 Å². The van der Waals surface area contributed by atoms with Gasteiger partial charge in [-0.3, -0.25) is 9.89 Å². The van der Waals surface area contributed by atoms with Crippen LogP contribution in [0.4, 0.5) is 10.6 Å². The Balaban J connectivity index is 1.60. The molecule has 0 aliphatic heterocycles. The second-order valence-electron chi connectivity index (χ2n) is 5.38. The molecule has 0 fully saturated rings. The summed E-state index contributed by atoms with van der Waals surface area (Å²) in [6, 6.07) is 16.0. The van der Waals surface area contributed by atoms with E-state index in [0.717, 1.165) is 5.56 Å². The van der Waals surface area contributed by atoms with E-state index in [1.807, 2.05) is 30.3 Å². The number of H-pyrrole nitrogens is 1. The Morgan fingerprint density at radius 3 is 2.56 bits per heavy atom. The summed E-state index contributed by atoms with van der Waals surface area (Å²) in [5, 5.41) is 12.0. The van der Waals surface area contributed by atoms with Gasteiger partial charge in [-0.05, 0) is 33.6 Å². The van der Waals surface area contributed by atoms with Crippen LogP contribution in [0.3, 0.4) is 0 Å². The average molecular weight is 450 g/mol. The summed E-state index contributed by atoms with van der Waals surface area (Å²) in [5.74, 6) is -0.189. The normalized spacial score (nSPS) is 10.3. The molecule has 3 aromatic rings. The number of benzene rings is 2. The summed E-state index contributed by atoms with van der Waals surface area (Å²) in [4.78, 5) is 24.2. The number of halogens is 2. The Morgan fingerprint density at radius 2 is 1.81 bits per heavy atom. The van der Waals surface area contributed by atoms with E-state index < -0.39 is 12.0 Å². The molecule has 0 radical (unpaired) electrons. The van der Waals surface area contributed by atoms with Gasteiger partial charge in [-0.15, -0.1) is 5.10 Å². The van der Waals surface area contributed by atoms with Gasteiger partial charge in [0.15, 0.2) is 0 Å². The lowest BCUT2D eigenvalue weighted by atomic mass is 10.2. The molecule has 1 aromatic heterocycles. The number of nitrogens with one attached hydrogen (secondary N) is 3. The number of nitrogens with zero attached hydrogens (tertiary/aromatic N) is 1. The van der Waals surface area contributed by atoms with Gasteiger partial charge in [0.25, 0.3) is 11.8 Å². The smallest absolute Gasteiger partial charge is 0.388 e. The molecule has 1 heterocycles. The Morgan fingerprint density at radius 1 is 1.11 bits per heavy atom. The maximum absolute atomic E-state index is 12.3. The quantitative estimate of drug-likeness (QED) is 0.539. The van der Waals surface area contributed by atoms with Crippen molar-refractivity contribution in [2.75, 3.05) is 5.32 Å². The van der Waals surface area contributed by atoms with Crippen molar-refractivity contribution in [3.05, 3.63) is 75.2 Å². The van der Waals surface area contributed by atoms with Gasteiger partial charge in [-0.25, -0.2) is 4.79 Å². The summed E-state index contributed by atoms with van der Waals surface area (Å²) >= 11 is 9.26. The van der Waals surface area contributed by atoms with Crippen LogP contribution in [-0.2, 0) is 6.54 Å². The summed E-state index contributed by atoms with van der Waals surface area (Å²) in [6.07, 6.45) is -0.671. The Kier molecular flexibility index (Phi) is 6.10. The number of hydrogen-bond acceptors (Lipinski definition) is 4. The van der Waals surface area contributed by atoms with Crippen molar-refractivity contribution >= 4 is 45.3 Å². The molecular weight excluding hydrogens is 436 g/mol. The fraction of sp³-hybridized carbons (Fsp3) is 0.0556. The predicted octanol–water partition coefficient (Wildman–Crippen LogP) is 4.37. The van der Waals surface area contributed by atoms with Gasteiger partial charge in [-0.1, -0.05) is 54.1 Å². The second kappa shape index (κ2) is 8.70. The highest BCUT2D eigenvalue weighted by Crippen LogP contribution is 2.30.